The number of hydrogen-bond donors (Lipinski definition) is 1. The quantitative estimate of drug-likeness (QED) is 0.711. The second kappa shape index (κ2) is 9.19. The molecule has 2 heterocycles. The van der Waals surface area contributed by atoms with Crippen molar-refractivity contribution in [2.45, 2.75) is 37.1 Å². The van der Waals surface area contributed by atoms with Gasteiger partial charge >= 0.3 is 6.61 Å². The number of rotatable bonds is 7. The van der Waals surface area contributed by atoms with E-state index in [2.05, 4.69) is 10.1 Å². The number of ether oxygens (including phenoxy) is 1. The highest BCUT2D eigenvalue weighted by molar-refractivity contribution is 7.91. The van der Waals surface area contributed by atoms with E-state index in [1.54, 1.807) is 30.3 Å². The van der Waals surface area contributed by atoms with Crippen LogP contribution in [0, 0.1) is 12.8 Å². The third kappa shape index (κ3) is 5.31. The van der Waals surface area contributed by atoms with Crippen molar-refractivity contribution in [1.82, 2.24) is 9.62 Å². The van der Waals surface area contributed by atoms with Crippen molar-refractivity contribution in [3.8, 4) is 5.75 Å². The molecule has 1 aromatic carbocycles. The summed E-state index contributed by atoms with van der Waals surface area (Å²) in [5.41, 5.74) is 0.426. The molecule has 0 spiro atoms. The van der Waals surface area contributed by atoms with Gasteiger partial charge in [-0.15, -0.1) is 11.3 Å². The zero-order valence-corrected chi connectivity index (χ0v) is 17.4. The molecule has 1 unspecified atom stereocenters. The SMILES string of the molecule is Cc1ccc(S(=O)(=O)N2CCCC(C(=O)NCc3ccccc3OC(F)F)C2)s1. The van der Waals surface area contributed by atoms with E-state index in [1.165, 1.54) is 21.7 Å². The minimum atomic E-state index is -3.63. The number of thiophene rings is 1. The Hall–Kier alpha value is -2.04. The number of aryl methyl sites for hydroxylation is 1. The fraction of sp³-hybridized carbons (Fsp3) is 0.421. The number of nitrogens with one attached hydrogen (secondary N) is 1. The molecule has 2 aromatic rings. The van der Waals surface area contributed by atoms with Gasteiger partial charge in [0.1, 0.15) is 9.96 Å². The molecule has 1 fully saturated rings. The first-order valence-electron chi connectivity index (χ1n) is 9.14. The van der Waals surface area contributed by atoms with Gasteiger partial charge in [0, 0.05) is 30.1 Å². The van der Waals surface area contributed by atoms with E-state index in [-0.39, 0.29) is 29.0 Å². The van der Waals surface area contributed by atoms with Gasteiger partial charge in [0.2, 0.25) is 5.91 Å². The van der Waals surface area contributed by atoms with E-state index in [9.17, 15) is 22.0 Å². The maximum Gasteiger partial charge on any atom is 0.387 e. The third-order valence-electron chi connectivity index (χ3n) is 4.71. The van der Waals surface area contributed by atoms with Crippen LogP contribution in [0.5, 0.6) is 5.75 Å². The van der Waals surface area contributed by atoms with Gasteiger partial charge < -0.3 is 10.1 Å². The molecule has 0 bridgehead atoms. The average Bonchev–Trinajstić information content (AvgIpc) is 3.14. The number of nitrogens with zero attached hydrogens (tertiary/aromatic N) is 1. The van der Waals surface area contributed by atoms with Crippen LogP contribution < -0.4 is 10.1 Å². The Bertz CT molecular complexity index is 963. The molecular weight excluding hydrogens is 422 g/mol. The molecule has 0 radical (unpaired) electrons. The second-order valence-electron chi connectivity index (χ2n) is 6.77. The Morgan fingerprint density at radius 2 is 2.07 bits per heavy atom. The molecule has 1 aliphatic heterocycles. The third-order valence-corrected chi connectivity index (χ3v) is 8.04. The van der Waals surface area contributed by atoms with Crippen LogP contribution in [0.4, 0.5) is 8.78 Å². The van der Waals surface area contributed by atoms with Gasteiger partial charge in [-0.25, -0.2) is 8.42 Å². The lowest BCUT2D eigenvalue weighted by atomic mass is 9.98. The van der Waals surface area contributed by atoms with Crippen LogP contribution in [-0.4, -0.2) is 38.3 Å². The molecule has 0 aliphatic carbocycles. The minimum Gasteiger partial charge on any atom is -0.434 e. The normalized spacial score (nSPS) is 18.0. The van der Waals surface area contributed by atoms with Crippen LogP contribution in [0.1, 0.15) is 23.3 Å². The number of carbonyl (C=O) groups excluding carboxylic acids is 1. The molecule has 6 nitrogen and oxygen atoms in total. The van der Waals surface area contributed by atoms with Crippen molar-refractivity contribution in [2.24, 2.45) is 5.92 Å². The maximum atomic E-state index is 12.8. The molecule has 158 valence electrons. The Morgan fingerprint density at radius 1 is 1.31 bits per heavy atom. The van der Waals surface area contributed by atoms with Gasteiger partial charge in [-0.1, -0.05) is 18.2 Å². The zero-order valence-electron chi connectivity index (χ0n) is 15.8. The molecule has 1 saturated heterocycles. The predicted molar refractivity (Wildman–Crippen MR) is 105 cm³/mol. The molecular formula is C19H22F2N2O4S2. The van der Waals surface area contributed by atoms with E-state index < -0.39 is 22.6 Å². The highest BCUT2D eigenvalue weighted by Gasteiger charge is 2.34. The van der Waals surface area contributed by atoms with Gasteiger partial charge in [-0.3, -0.25) is 4.79 Å². The molecule has 1 amide bonds. The maximum absolute atomic E-state index is 12.8. The first-order chi connectivity index (χ1) is 13.8. The van der Waals surface area contributed by atoms with Crippen molar-refractivity contribution < 1.29 is 26.7 Å². The van der Waals surface area contributed by atoms with Gasteiger partial charge in [-0.05, 0) is 38.0 Å². The van der Waals surface area contributed by atoms with Crippen molar-refractivity contribution in [2.75, 3.05) is 13.1 Å². The Labute approximate surface area is 172 Å². The molecule has 0 saturated carbocycles. The van der Waals surface area contributed by atoms with Crippen LogP contribution in [0.2, 0.25) is 0 Å². The van der Waals surface area contributed by atoms with Crippen LogP contribution in [0.3, 0.4) is 0 Å². The summed E-state index contributed by atoms with van der Waals surface area (Å²) >= 11 is 1.21. The number of hydrogen-bond acceptors (Lipinski definition) is 5. The summed E-state index contributed by atoms with van der Waals surface area (Å²) in [5, 5.41) is 2.72. The topological polar surface area (TPSA) is 75.7 Å². The summed E-state index contributed by atoms with van der Waals surface area (Å²) < 4.78 is 56.7. The lowest BCUT2D eigenvalue weighted by molar-refractivity contribution is -0.126. The number of carbonyl (C=O) groups is 1. The Morgan fingerprint density at radius 3 is 2.76 bits per heavy atom. The summed E-state index contributed by atoms with van der Waals surface area (Å²) in [6.07, 6.45) is 1.14. The second-order valence-corrected chi connectivity index (χ2v) is 10.2. The number of benzene rings is 1. The number of para-hydroxylation sites is 1. The first kappa shape index (κ1) is 21.7. The lowest BCUT2D eigenvalue weighted by Crippen LogP contribution is -2.45. The van der Waals surface area contributed by atoms with Crippen LogP contribution in [-0.2, 0) is 21.4 Å². The summed E-state index contributed by atoms with van der Waals surface area (Å²) in [4.78, 5) is 13.5. The van der Waals surface area contributed by atoms with E-state index in [0.717, 1.165) is 4.88 Å². The van der Waals surface area contributed by atoms with Crippen LogP contribution in [0.25, 0.3) is 0 Å². The van der Waals surface area contributed by atoms with Gasteiger partial charge in [0.15, 0.2) is 0 Å². The zero-order chi connectivity index (χ0) is 21.0. The van der Waals surface area contributed by atoms with Crippen LogP contribution in [0.15, 0.2) is 40.6 Å². The van der Waals surface area contributed by atoms with E-state index in [4.69, 9.17) is 0 Å². The number of amides is 1. The number of sulfonamides is 1. The van der Waals surface area contributed by atoms with Crippen LogP contribution >= 0.6 is 11.3 Å². The predicted octanol–water partition coefficient (Wildman–Crippen LogP) is 3.38. The van der Waals surface area contributed by atoms with Crippen molar-refractivity contribution in [3.63, 3.8) is 0 Å². The Kier molecular flexibility index (Phi) is 6.86. The minimum absolute atomic E-state index is 0.00344. The number of alkyl halides is 2. The fourth-order valence-corrected chi connectivity index (χ4v) is 6.20. The highest BCUT2D eigenvalue weighted by atomic mass is 32.2. The van der Waals surface area contributed by atoms with Gasteiger partial charge in [0.05, 0.1) is 5.92 Å². The van der Waals surface area contributed by atoms with E-state index in [0.29, 0.717) is 24.9 Å². The molecule has 1 aliphatic rings. The van der Waals surface area contributed by atoms with E-state index >= 15 is 0 Å². The van der Waals surface area contributed by atoms with Crippen molar-refractivity contribution >= 4 is 27.3 Å². The van der Waals surface area contributed by atoms with Crippen molar-refractivity contribution in [1.29, 1.82) is 0 Å². The summed E-state index contributed by atoms with van der Waals surface area (Å²) in [6.45, 7) is -0.625. The summed E-state index contributed by atoms with van der Waals surface area (Å²) in [7, 11) is -3.63. The summed E-state index contributed by atoms with van der Waals surface area (Å²) in [5.74, 6) is -0.800. The smallest absolute Gasteiger partial charge is 0.387 e. The largest absolute Gasteiger partial charge is 0.434 e. The molecule has 1 aromatic heterocycles. The van der Waals surface area contributed by atoms with E-state index in [1.807, 2.05) is 6.92 Å². The van der Waals surface area contributed by atoms with Gasteiger partial charge in [0.25, 0.3) is 10.0 Å². The lowest BCUT2D eigenvalue weighted by Gasteiger charge is -2.30. The average molecular weight is 445 g/mol. The monoisotopic (exact) mass is 444 g/mol. The fourth-order valence-electron chi connectivity index (χ4n) is 3.24. The highest BCUT2D eigenvalue weighted by Crippen LogP contribution is 2.28. The first-order valence-corrected chi connectivity index (χ1v) is 11.4. The molecule has 1 atom stereocenters. The Balaban J connectivity index is 1.63. The standard InChI is InChI=1S/C19H22F2N2O4S2/c1-13-8-9-17(28-13)29(25,26)23-10-4-6-15(12-23)18(24)22-11-14-5-2-3-7-16(14)27-19(20)21/h2-3,5,7-9,15,19H,4,6,10-12H2,1H3,(H,22,24). The molecule has 10 heteroatoms. The summed E-state index contributed by atoms with van der Waals surface area (Å²) in [6, 6.07) is 9.57. The number of piperidine rings is 1. The van der Waals surface area contributed by atoms with Crippen molar-refractivity contribution in [3.05, 3.63) is 46.8 Å². The molecule has 3 rings (SSSR count). The molecule has 1 N–H and O–H groups in total. The van der Waals surface area contributed by atoms with Gasteiger partial charge in [-0.2, -0.15) is 13.1 Å². The molecule has 29 heavy (non-hydrogen) atoms. The number of halogens is 2.